The number of methoxy groups -OCH3 is 1. The monoisotopic (exact) mass is 246 g/mol. The number of esters is 2. The summed E-state index contributed by atoms with van der Waals surface area (Å²) in [6.45, 7) is 5.01. The first-order chi connectivity index (χ1) is 7.88. The van der Waals surface area contributed by atoms with Crippen molar-refractivity contribution < 1.29 is 28.7 Å². The topological polar surface area (TPSA) is 86.7 Å². The van der Waals surface area contributed by atoms with Gasteiger partial charge in [-0.1, -0.05) is 6.92 Å². The second-order valence-corrected chi connectivity index (χ2v) is 2.95. The minimum atomic E-state index is -0.757. The zero-order valence-electron chi connectivity index (χ0n) is 10.6. The molecule has 0 aliphatic carbocycles. The van der Waals surface area contributed by atoms with Crippen molar-refractivity contribution in [2.24, 2.45) is 0 Å². The largest absolute Gasteiger partial charge is 0.466 e. The minimum absolute atomic E-state index is 0.103. The first-order valence-corrected chi connectivity index (χ1v) is 5.15. The average Bonchev–Trinajstić information content (AvgIpc) is 2.27. The van der Waals surface area contributed by atoms with Gasteiger partial charge in [0.15, 0.2) is 0 Å². The molecule has 0 aromatic carbocycles. The Balaban J connectivity index is 0. The Morgan fingerprint density at radius 1 is 1.06 bits per heavy atom. The number of ether oxygens (including phenoxy) is 2. The number of hydrogen-bond donors (Lipinski definition) is 0. The molecule has 0 spiro atoms. The highest BCUT2D eigenvalue weighted by Crippen LogP contribution is 1.86. The normalized spacial score (nSPS) is 8.47. The van der Waals surface area contributed by atoms with Crippen molar-refractivity contribution in [1.82, 2.24) is 0 Å². The lowest BCUT2D eigenvalue weighted by Crippen LogP contribution is -2.13. The molecule has 0 fully saturated rings. The summed E-state index contributed by atoms with van der Waals surface area (Å²) in [7, 11) is 1.19. The molecular weight excluding hydrogens is 228 g/mol. The molecule has 0 aromatic heterocycles. The van der Waals surface area contributed by atoms with Crippen LogP contribution in [-0.2, 0) is 28.7 Å². The summed E-state index contributed by atoms with van der Waals surface area (Å²) >= 11 is 0. The highest BCUT2D eigenvalue weighted by atomic mass is 16.5. The van der Waals surface area contributed by atoms with Gasteiger partial charge in [-0.05, 0) is 13.8 Å². The molecule has 98 valence electrons. The fraction of sp³-hybridized carbons (Fsp3) is 0.636. The predicted octanol–water partition coefficient (Wildman–Crippen LogP) is 0.667. The SMILES string of the molecule is CCC(=O)C(=O)OC.CCOC(=O)CC(C)=O. The second kappa shape index (κ2) is 10.8. The van der Waals surface area contributed by atoms with Gasteiger partial charge in [-0.15, -0.1) is 0 Å². The molecule has 0 aliphatic rings. The van der Waals surface area contributed by atoms with Gasteiger partial charge in [-0.3, -0.25) is 14.4 Å². The molecule has 0 amide bonds. The van der Waals surface area contributed by atoms with Crippen molar-refractivity contribution >= 4 is 23.5 Å². The highest BCUT2D eigenvalue weighted by molar-refractivity contribution is 6.33. The summed E-state index contributed by atoms with van der Waals surface area (Å²) in [4.78, 5) is 41.1. The standard InChI is InChI=1S/C6H10O3.C5H8O3/c1-3-9-6(8)4-5(2)7;1-3-4(6)5(7)8-2/h3-4H2,1-2H3;3H2,1-2H3. The van der Waals surface area contributed by atoms with E-state index in [1.807, 2.05) is 0 Å². The number of rotatable bonds is 5. The van der Waals surface area contributed by atoms with Crippen LogP contribution in [0.1, 0.15) is 33.6 Å². The summed E-state index contributed by atoms with van der Waals surface area (Å²) in [5, 5.41) is 0. The molecule has 0 atom stereocenters. The van der Waals surface area contributed by atoms with E-state index in [2.05, 4.69) is 9.47 Å². The van der Waals surface area contributed by atoms with Gasteiger partial charge in [0.25, 0.3) is 0 Å². The first-order valence-electron chi connectivity index (χ1n) is 5.15. The fourth-order valence-corrected chi connectivity index (χ4v) is 0.673. The van der Waals surface area contributed by atoms with E-state index in [9.17, 15) is 19.2 Å². The maximum absolute atomic E-state index is 10.4. The third-order valence-electron chi connectivity index (χ3n) is 1.43. The van der Waals surface area contributed by atoms with E-state index in [4.69, 9.17) is 0 Å². The molecule has 6 heteroatoms. The Kier molecular flexibility index (Phi) is 11.2. The highest BCUT2D eigenvalue weighted by Gasteiger charge is 2.08. The van der Waals surface area contributed by atoms with Crippen LogP contribution in [0.3, 0.4) is 0 Å². The molecule has 0 rings (SSSR count). The molecular formula is C11H18O6. The molecule has 6 nitrogen and oxygen atoms in total. The van der Waals surface area contributed by atoms with Crippen molar-refractivity contribution in [3.8, 4) is 0 Å². The van der Waals surface area contributed by atoms with Gasteiger partial charge in [0.05, 0.1) is 13.7 Å². The Morgan fingerprint density at radius 2 is 1.59 bits per heavy atom. The molecule has 0 radical (unpaired) electrons. The third-order valence-corrected chi connectivity index (χ3v) is 1.43. The number of Topliss-reactive ketones (excluding diaryl/α,β-unsaturated/α-hetero) is 2. The molecule has 0 saturated heterocycles. The molecule has 0 aromatic rings. The average molecular weight is 246 g/mol. The number of carbonyl (C=O) groups is 4. The predicted molar refractivity (Wildman–Crippen MR) is 59.2 cm³/mol. The molecule has 17 heavy (non-hydrogen) atoms. The molecule has 0 saturated carbocycles. The van der Waals surface area contributed by atoms with Crippen LogP contribution in [0.2, 0.25) is 0 Å². The maximum atomic E-state index is 10.4. The van der Waals surface area contributed by atoms with Crippen molar-refractivity contribution in [2.75, 3.05) is 13.7 Å². The van der Waals surface area contributed by atoms with Gasteiger partial charge in [-0.25, -0.2) is 4.79 Å². The Morgan fingerprint density at radius 3 is 1.82 bits per heavy atom. The van der Waals surface area contributed by atoms with Crippen molar-refractivity contribution in [1.29, 1.82) is 0 Å². The van der Waals surface area contributed by atoms with E-state index < -0.39 is 17.7 Å². The van der Waals surface area contributed by atoms with Crippen LogP contribution in [0.5, 0.6) is 0 Å². The van der Waals surface area contributed by atoms with Gasteiger partial charge in [0.1, 0.15) is 12.2 Å². The van der Waals surface area contributed by atoms with Gasteiger partial charge in [0, 0.05) is 6.42 Å². The van der Waals surface area contributed by atoms with E-state index >= 15 is 0 Å². The molecule has 0 N–H and O–H groups in total. The van der Waals surface area contributed by atoms with Crippen molar-refractivity contribution in [3.05, 3.63) is 0 Å². The summed E-state index contributed by atoms with van der Waals surface area (Å²) in [5.41, 5.74) is 0. The summed E-state index contributed by atoms with van der Waals surface area (Å²) < 4.78 is 8.61. The molecule has 0 aliphatic heterocycles. The van der Waals surface area contributed by atoms with Gasteiger partial charge < -0.3 is 9.47 Å². The summed E-state index contributed by atoms with van der Waals surface area (Å²) in [6.07, 6.45) is 0.112. The van der Waals surface area contributed by atoms with Crippen LogP contribution < -0.4 is 0 Å². The molecule has 0 heterocycles. The lowest BCUT2D eigenvalue weighted by molar-refractivity contribution is -0.151. The van der Waals surface area contributed by atoms with Crippen molar-refractivity contribution in [3.63, 3.8) is 0 Å². The van der Waals surface area contributed by atoms with E-state index in [-0.39, 0.29) is 18.6 Å². The fourth-order valence-electron chi connectivity index (χ4n) is 0.673. The lowest BCUT2D eigenvalue weighted by atomic mass is 10.3. The molecule has 0 unspecified atom stereocenters. The van der Waals surface area contributed by atoms with Crippen LogP contribution >= 0.6 is 0 Å². The zero-order valence-corrected chi connectivity index (χ0v) is 10.6. The number of carbonyl (C=O) groups excluding carboxylic acids is 4. The third kappa shape index (κ3) is 12.2. The van der Waals surface area contributed by atoms with Gasteiger partial charge in [-0.2, -0.15) is 0 Å². The van der Waals surface area contributed by atoms with Crippen LogP contribution in [-0.4, -0.2) is 37.2 Å². The molecule has 0 bridgehead atoms. The van der Waals surface area contributed by atoms with E-state index in [1.54, 1.807) is 13.8 Å². The van der Waals surface area contributed by atoms with Crippen LogP contribution in [0, 0.1) is 0 Å². The quantitative estimate of drug-likeness (QED) is 0.402. The number of ketones is 2. The Labute approximate surface area is 100 Å². The van der Waals surface area contributed by atoms with Gasteiger partial charge >= 0.3 is 11.9 Å². The van der Waals surface area contributed by atoms with Crippen LogP contribution in [0.25, 0.3) is 0 Å². The van der Waals surface area contributed by atoms with E-state index in [1.165, 1.54) is 14.0 Å². The maximum Gasteiger partial charge on any atom is 0.374 e. The Bertz CT molecular complexity index is 268. The van der Waals surface area contributed by atoms with Crippen LogP contribution in [0.15, 0.2) is 0 Å². The smallest absolute Gasteiger partial charge is 0.374 e. The van der Waals surface area contributed by atoms with Crippen molar-refractivity contribution in [2.45, 2.75) is 33.6 Å². The zero-order chi connectivity index (χ0) is 13.8. The Hall–Kier alpha value is -1.72. The number of hydrogen-bond acceptors (Lipinski definition) is 6. The summed E-state index contributed by atoms with van der Waals surface area (Å²) in [5.74, 6) is -1.83. The first kappa shape index (κ1) is 17.7. The van der Waals surface area contributed by atoms with E-state index in [0.29, 0.717) is 6.61 Å². The van der Waals surface area contributed by atoms with Crippen LogP contribution in [0.4, 0.5) is 0 Å². The second-order valence-electron chi connectivity index (χ2n) is 2.95. The van der Waals surface area contributed by atoms with Gasteiger partial charge in [0.2, 0.25) is 5.78 Å². The van der Waals surface area contributed by atoms with E-state index in [0.717, 1.165) is 0 Å². The summed E-state index contributed by atoms with van der Waals surface area (Å²) in [6, 6.07) is 0. The minimum Gasteiger partial charge on any atom is -0.466 e. The lowest BCUT2D eigenvalue weighted by Gasteiger charge is -1.96.